The highest BCUT2D eigenvalue weighted by molar-refractivity contribution is 6.09. The van der Waals surface area contributed by atoms with Crippen LogP contribution >= 0.6 is 0 Å². The van der Waals surface area contributed by atoms with Crippen LogP contribution in [0, 0.1) is 11.6 Å². The van der Waals surface area contributed by atoms with Gasteiger partial charge in [-0.3, -0.25) is 9.69 Å². The van der Waals surface area contributed by atoms with Crippen molar-refractivity contribution in [3.63, 3.8) is 0 Å². The molecule has 10 heteroatoms. The van der Waals surface area contributed by atoms with Crippen molar-refractivity contribution in [3.8, 4) is 0 Å². The average Bonchev–Trinajstić information content (AvgIpc) is 3.36. The van der Waals surface area contributed by atoms with Crippen LogP contribution in [-0.2, 0) is 25.9 Å². The Morgan fingerprint density at radius 2 is 1.69 bits per heavy atom. The number of anilines is 2. The first-order chi connectivity index (χ1) is 20.4. The molecule has 2 aromatic carbocycles. The number of benzene rings is 2. The number of rotatable bonds is 8. The van der Waals surface area contributed by atoms with Gasteiger partial charge in [-0.15, -0.1) is 0 Å². The van der Waals surface area contributed by atoms with Gasteiger partial charge in [-0.05, 0) is 61.1 Å². The number of aryl methyl sites for hydroxylation is 1. The fraction of sp³-hybridized carbons (Fsp3) is 0.406. The third kappa shape index (κ3) is 5.68. The molecule has 0 bridgehead atoms. The van der Waals surface area contributed by atoms with E-state index in [-0.39, 0.29) is 5.91 Å². The molecule has 6 rings (SSSR count). The molecule has 4 aromatic rings. The smallest absolute Gasteiger partial charge is 0.255 e. The van der Waals surface area contributed by atoms with Crippen molar-refractivity contribution in [1.82, 2.24) is 24.8 Å². The van der Waals surface area contributed by atoms with Crippen LogP contribution in [-0.4, -0.2) is 72.2 Å². The third-order valence-electron chi connectivity index (χ3n) is 8.47. The number of amides is 1. The molecule has 0 spiro atoms. The van der Waals surface area contributed by atoms with Crippen molar-refractivity contribution in [2.45, 2.75) is 38.8 Å². The molecule has 2 aliphatic heterocycles. The fourth-order valence-electron chi connectivity index (χ4n) is 6.09. The predicted octanol–water partition coefficient (Wildman–Crippen LogP) is 4.41. The predicted molar refractivity (Wildman–Crippen MR) is 161 cm³/mol. The van der Waals surface area contributed by atoms with Crippen molar-refractivity contribution < 1.29 is 13.6 Å². The molecular formula is C32H37F2N7O. The normalized spacial score (nSPS) is 15.6. The van der Waals surface area contributed by atoms with E-state index in [1.165, 1.54) is 12.1 Å². The summed E-state index contributed by atoms with van der Waals surface area (Å²) in [5, 5.41) is 3.14. The van der Waals surface area contributed by atoms with E-state index in [4.69, 9.17) is 4.98 Å². The fourth-order valence-corrected chi connectivity index (χ4v) is 6.09. The van der Waals surface area contributed by atoms with E-state index in [0.29, 0.717) is 18.5 Å². The Balaban J connectivity index is 1.18. The summed E-state index contributed by atoms with van der Waals surface area (Å²) in [5.74, 6) is -0.834. The lowest BCUT2D eigenvalue weighted by molar-refractivity contribution is 0.0951. The number of piperazine rings is 1. The van der Waals surface area contributed by atoms with Crippen molar-refractivity contribution in [2.24, 2.45) is 0 Å². The largest absolute Gasteiger partial charge is 0.378 e. The summed E-state index contributed by atoms with van der Waals surface area (Å²) in [4.78, 5) is 29.7. The Kier molecular flexibility index (Phi) is 8.06. The maximum absolute atomic E-state index is 13.6. The molecule has 42 heavy (non-hydrogen) atoms. The van der Waals surface area contributed by atoms with E-state index in [0.717, 1.165) is 97.9 Å². The maximum atomic E-state index is 13.6. The first-order valence-electron chi connectivity index (χ1n) is 14.7. The number of carbonyl (C=O) groups excluding carboxylic acids is 1. The van der Waals surface area contributed by atoms with Crippen molar-refractivity contribution in [2.75, 3.05) is 56.6 Å². The molecule has 220 valence electrons. The van der Waals surface area contributed by atoms with Gasteiger partial charge in [0.2, 0.25) is 0 Å². The van der Waals surface area contributed by atoms with E-state index in [1.807, 2.05) is 26.2 Å². The van der Waals surface area contributed by atoms with Crippen LogP contribution in [0.2, 0.25) is 0 Å². The van der Waals surface area contributed by atoms with Crippen LogP contribution < -0.4 is 15.1 Å². The standard InChI is InChI=1S/C32H37F2N7O/c1-38(2)24-9-6-23(7-10-24)20-35-32(42)28-27-5-3-4-13-41(27)30-29(28)36-21-37-31(30)40-17-15-39(16-18-40)14-12-22-8-11-25(33)26(34)19-22/h6-11,19,21H,3-5,12-18,20H2,1-2H3,(H,35,42). The second kappa shape index (κ2) is 12.1. The zero-order chi connectivity index (χ0) is 29.2. The molecule has 2 aromatic heterocycles. The number of nitrogens with zero attached hydrogens (tertiary/aromatic N) is 6. The highest BCUT2D eigenvalue weighted by Crippen LogP contribution is 2.34. The molecule has 1 amide bonds. The zero-order valence-electron chi connectivity index (χ0n) is 24.2. The van der Waals surface area contributed by atoms with E-state index in [9.17, 15) is 13.6 Å². The van der Waals surface area contributed by atoms with Gasteiger partial charge in [-0.25, -0.2) is 18.7 Å². The molecule has 0 radical (unpaired) electrons. The molecule has 0 unspecified atom stereocenters. The Hall–Kier alpha value is -4.05. The minimum Gasteiger partial charge on any atom is -0.378 e. The average molecular weight is 574 g/mol. The SMILES string of the molecule is CN(C)c1ccc(CNC(=O)c2c3n(c4c(N5CCN(CCc6ccc(F)c(F)c6)CC5)ncnc24)CCCC3)cc1. The van der Waals surface area contributed by atoms with Gasteiger partial charge in [0.25, 0.3) is 5.91 Å². The molecule has 2 aliphatic rings. The van der Waals surface area contributed by atoms with E-state index < -0.39 is 11.6 Å². The Morgan fingerprint density at radius 1 is 0.929 bits per heavy atom. The highest BCUT2D eigenvalue weighted by atomic mass is 19.2. The van der Waals surface area contributed by atoms with Gasteiger partial charge >= 0.3 is 0 Å². The van der Waals surface area contributed by atoms with Gasteiger partial charge in [0.1, 0.15) is 17.4 Å². The lowest BCUT2D eigenvalue weighted by atomic mass is 10.1. The summed E-state index contributed by atoms with van der Waals surface area (Å²) >= 11 is 0. The van der Waals surface area contributed by atoms with E-state index >= 15 is 0 Å². The minimum atomic E-state index is -0.813. The van der Waals surface area contributed by atoms with Crippen LogP contribution in [0.4, 0.5) is 20.3 Å². The Morgan fingerprint density at radius 3 is 2.43 bits per heavy atom. The molecule has 0 atom stereocenters. The molecule has 4 heterocycles. The summed E-state index contributed by atoms with van der Waals surface area (Å²) in [6.45, 7) is 5.32. The topological polar surface area (TPSA) is 69.5 Å². The van der Waals surface area contributed by atoms with Crippen LogP contribution in [0.5, 0.6) is 0 Å². The summed E-state index contributed by atoms with van der Waals surface area (Å²) in [7, 11) is 4.01. The molecule has 1 N–H and O–H groups in total. The molecule has 0 saturated carbocycles. The summed E-state index contributed by atoms with van der Waals surface area (Å²) in [5.41, 5.74) is 6.34. The zero-order valence-corrected chi connectivity index (χ0v) is 24.2. The van der Waals surface area contributed by atoms with Crippen molar-refractivity contribution in [3.05, 3.63) is 82.8 Å². The number of aromatic nitrogens is 3. The lowest BCUT2D eigenvalue weighted by Gasteiger charge is -2.35. The molecule has 1 saturated heterocycles. The number of fused-ring (bicyclic) bond motifs is 3. The number of hydrogen-bond acceptors (Lipinski definition) is 6. The third-order valence-corrected chi connectivity index (χ3v) is 8.47. The van der Waals surface area contributed by atoms with Gasteiger partial charge in [0, 0.05) is 71.3 Å². The summed E-state index contributed by atoms with van der Waals surface area (Å²) < 4.78 is 29.2. The maximum Gasteiger partial charge on any atom is 0.255 e. The molecular weight excluding hydrogens is 536 g/mol. The minimum absolute atomic E-state index is 0.0981. The van der Waals surface area contributed by atoms with Crippen LogP contribution in [0.3, 0.4) is 0 Å². The van der Waals surface area contributed by atoms with Gasteiger partial charge in [-0.1, -0.05) is 18.2 Å². The van der Waals surface area contributed by atoms with Crippen LogP contribution in [0.25, 0.3) is 11.0 Å². The van der Waals surface area contributed by atoms with Gasteiger partial charge in [0.05, 0.1) is 5.56 Å². The monoisotopic (exact) mass is 573 g/mol. The lowest BCUT2D eigenvalue weighted by Crippen LogP contribution is -2.47. The summed E-state index contributed by atoms with van der Waals surface area (Å²) in [6, 6.07) is 12.3. The van der Waals surface area contributed by atoms with Crippen LogP contribution in [0.1, 0.15) is 40.0 Å². The van der Waals surface area contributed by atoms with Crippen LogP contribution in [0.15, 0.2) is 48.8 Å². The molecule has 1 fully saturated rings. The van der Waals surface area contributed by atoms with Gasteiger partial charge in [0.15, 0.2) is 17.5 Å². The number of hydrogen-bond donors (Lipinski definition) is 1. The number of carbonyl (C=O) groups is 1. The van der Waals surface area contributed by atoms with E-state index in [1.54, 1.807) is 12.4 Å². The molecule has 8 nitrogen and oxygen atoms in total. The van der Waals surface area contributed by atoms with Gasteiger partial charge in [-0.2, -0.15) is 0 Å². The first-order valence-corrected chi connectivity index (χ1v) is 14.7. The number of nitrogens with one attached hydrogen (secondary N) is 1. The second-order valence-corrected chi connectivity index (χ2v) is 11.4. The highest BCUT2D eigenvalue weighted by Gasteiger charge is 2.30. The Bertz CT molecular complexity index is 1580. The second-order valence-electron chi connectivity index (χ2n) is 11.4. The van der Waals surface area contributed by atoms with E-state index in [2.05, 4.69) is 41.7 Å². The summed E-state index contributed by atoms with van der Waals surface area (Å²) in [6.07, 6.45) is 5.19. The first kappa shape index (κ1) is 28.1. The quantitative estimate of drug-likeness (QED) is 0.337. The van der Waals surface area contributed by atoms with Gasteiger partial charge < -0.3 is 19.7 Å². The Labute approximate surface area is 245 Å². The number of halogens is 2. The molecule has 0 aliphatic carbocycles. The van der Waals surface area contributed by atoms with Crippen molar-refractivity contribution >= 4 is 28.4 Å². The van der Waals surface area contributed by atoms with Crippen molar-refractivity contribution in [1.29, 1.82) is 0 Å².